The summed E-state index contributed by atoms with van der Waals surface area (Å²) in [6.07, 6.45) is 2.04. The van der Waals surface area contributed by atoms with Crippen LogP contribution in [0, 0.1) is 0 Å². The van der Waals surface area contributed by atoms with Gasteiger partial charge >= 0.3 is 5.97 Å². The molecule has 0 aliphatic carbocycles. The minimum atomic E-state index is -0.965. The molecule has 0 bridgehead atoms. The van der Waals surface area contributed by atoms with Crippen molar-refractivity contribution in [1.82, 2.24) is 9.88 Å². The molecule has 29 heavy (non-hydrogen) atoms. The standard InChI is InChI=1S/C23H24N2O3S/c26-23(27)20-16-29-21(24-20)15-25-13-11-19(12-14-25)28-22(17-7-3-1-4-8-17)18-9-5-2-6-10-18/h1-10,16,19,22H,11-15H2,(H,26,27). The summed E-state index contributed by atoms with van der Waals surface area (Å²) in [6.45, 7) is 2.54. The van der Waals surface area contributed by atoms with E-state index in [0.29, 0.717) is 6.54 Å². The molecule has 5 nitrogen and oxygen atoms in total. The highest BCUT2D eigenvalue weighted by molar-refractivity contribution is 7.09. The van der Waals surface area contributed by atoms with Gasteiger partial charge < -0.3 is 9.84 Å². The number of benzene rings is 2. The Kier molecular flexibility index (Phi) is 6.34. The summed E-state index contributed by atoms with van der Waals surface area (Å²) in [6, 6.07) is 20.7. The number of thiazole rings is 1. The summed E-state index contributed by atoms with van der Waals surface area (Å²) < 4.78 is 6.58. The van der Waals surface area contributed by atoms with Gasteiger partial charge in [0.05, 0.1) is 12.6 Å². The van der Waals surface area contributed by atoms with Crippen molar-refractivity contribution < 1.29 is 14.6 Å². The molecule has 0 saturated carbocycles. The van der Waals surface area contributed by atoms with Crippen LogP contribution in [0.1, 0.15) is 45.6 Å². The van der Waals surface area contributed by atoms with Crippen LogP contribution in [-0.2, 0) is 11.3 Å². The number of ether oxygens (including phenoxy) is 1. The molecule has 0 atom stereocenters. The van der Waals surface area contributed by atoms with Gasteiger partial charge in [-0.2, -0.15) is 0 Å². The normalized spacial score (nSPS) is 15.6. The molecule has 6 heteroatoms. The second kappa shape index (κ2) is 9.31. The van der Waals surface area contributed by atoms with E-state index in [-0.39, 0.29) is 17.9 Å². The Balaban J connectivity index is 1.37. The third-order valence-corrected chi connectivity index (χ3v) is 6.03. The van der Waals surface area contributed by atoms with Gasteiger partial charge in [-0.1, -0.05) is 60.7 Å². The highest BCUT2D eigenvalue weighted by Gasteiger charge is 2.25. The van der Waals surface area contributed by atoms with E-state index in [1.807, 2.05) is 12.1 Å². The molecule has 1 aliphatic heterocycles. The number of carboxylic acids is 1. The van der Waals surface area contributed by atoms with Crippen molar-refractivity contribution in [2.75, 3.05) is 13.1 Å². The molecule has 1 aliphatic rings. The number of piperidine rings is 1. The number of nitrogens with zero attached hydrogens (tertiary/aromatic N) is 2. The Labute approximate surface area is 174 Å². The molecule has 0 amide bonds. The Morgan fingerprint density at radius 3 is 2.17 bits per heavy atom. The fourth-order valence-corrected chi connectivity index (χ4v) is 4.48. The lowest BCUT2D eigenvalue weighted by Gasteiger charge is -2.33. The topological polar surface area (TPSA) is 62.7 Å². The number of likely N-dealkylation sites (tertiary alicyclic amines) is 1. The van der Waals surface area contributed by atoms with E-state index < -0.39 is 5.97 Å². The zero-order valence-corrected chi connectivity index (χ0v) is 16.9. The SMILES string of the molecule is O=C(O)c1csc(CN2CCC(OC(c3ccccc3)c3ccccc3)CC2)n1. The molecular formula is C23H24N2O3S. The second-order valence-electron chi connectivity index (χ2n) is 7.24. The molecule has 0 radical (unpaired) electrons. The zero-order chi connectivity index (χ0) is 20.1. The van der Waals surface area contributed by atoms with Crippen molar-refractivity contribution in [3.8, 4) is 0 Å². The summed E-state index contributed by atoms with van der Waals surface area (Å²) in [5.74, 6) is -0.965. The van der Waals surface area contributed by atoms with E-state index in [1.165, 1.54) is 22.5 Å². The summed E-state index contributed by atoms with van der Waals surface area (Å²) in [5, 5.41) is 11.5. The Hall–Kier alpha value is -2.54. The van der Waals surface area contributed by atoms with Gasteiger partial charge in [0.15, 0.2) is 5.69 Å². The molecule has 3 aromatic rings. The second-order valence-corrected chi connectivity index (χ2v) is 8.19. The fraction of sp³-hybridized carbons (Fsp3) is 0.304. The lowest BCUT2D eigenvalue weighted by molar-refractivity contribution is -0.0281. The van der Waals surface area contributed by atoms with E-state index >= 15 is 0 Å². The van der Waals surface area contributed by atoms with Gasteiger partial charge in [0.2, 0.25) is 0 Å². The van der Waals surface area contributed by atoms with Crippen molar-refractivity contribution in [2.45, 2.75) is 31.6 Å². The lowest BCUT2D eigenvalue weighted by Crippen LogP contribution is -2.37. The maximum Gasteiger partial charge on any atom is 0.355 e. The largest absolute Gasteiger partial charge is 0.476 e. The minimum absolute atomic E-state index is 0.0639. The van der Waals surface area contributed by atoms with Gasteiger partial charge in [-0.3, -0.25) is 4.90 Å². The van der Waals surface area contributed by atoms with Gasteiger partial charge in [-0.05, 0) is 24.0 Å². The van der Waals surface area contributed by atoms with Crippen molar-refractivity contribution >= 4 is 17.3 Å². The summed E-state index contributed by atoms with van der Waals surface area (Å²) >= 11 is 1.41. The maximum absolute atomic E-state index is 11.0. The molecule has 1 fully saturated rings. The third-order valence-electron chi connectivity index (χ3n) is 5.20. The van der Waals surface area contributed by atoms with Crippen LogP contribution in [0.25, 0.3) is 0 Å². The van der Waals surface area contributed by atoms with Gasteiger partial charge in [0.1, 0.15) is 11.1 Å². The number of aromatic nitrogens is 1. The average molecular weight is 409 g/mol. The van der Waals surface area contributed by atoms with E-state index in [9.17, 15) is 4.79 Å². The molecule has 1 N–H and O–H groups in total. The van der Waals surface area contributed by atoms with Crippen LogP contribution in [0.15, 0.2) is 66.0 Å². The molecule has 2 heterocycles. The summed E-state index contributed by atoms with van der Waals surface area (Å²) in [7, 11) is 0. The van der Waals surface area contributed by atoms with Crippen LogP contribution >= 0.6 is 11.3 Å². The molecule has 4 rings (SSSR count). The zero-order valence-electron chi connectivity index (χ0n) is 16.1. The number of carboxylic acid groups (broad SMARTS) is 1. The molecule has 2 aromatic carbocycles. The van der Waals surface area contributed by atoms with Crippen LogP contribution in [0.4, 0.5) is 0 Å². The molecular weight excluding hydrogens is 384 g/mol. The number of rotatable bonds is 7. The first-order chi connectivity index (χ1) is 14.2. The first kappa shape index (κ1) is 19.8. The maximum atomic E-state index is 11.0. The number of aromatic carboxylic acids is 1. The van der Waals surface area contributed by atoms with Crippen LogP contribution < -0.4 is 0 Å². The highest BCUT2D eigenvalue weighted by Crippen LogP contribution is 2.30. The fourth-order valence-electron chi connectivity index (χ4n) is 3.67. The van der Waals surface area contributed by atoms with Crippen LogP contribution in [-0.4, -0.2) is 40.2 Å². The first-order valence-corrected chi connectivity index (χ1v) is 10.7. The van der Waals surface area contributed by atoms with E-state index in [1.54, 1.807) is 5.38 Å². The van der Waals surface area contributed by atoms with Gasteiger partial charge in [0, 0.05) is 18.5 Å². The highest BCUT2D eigenvalue weighted by atomic mass is 32.1. The molecule has 1 aromatic heterocycles. The van der Waals surface area contributed by atoms with Crippen molar-refractivity contribution in [3.63, 3.8) is 0 Å². The smallest absolute Gasteiger partial charge is 0.355 e. The van der Waals surface area contributed by atoms with Gasteiger partial charge in [-0.25, -0.2) is 9.78 Å². The number of carbonyl (C=O) groups is 1. The predicted octanol–water partition coefficient (Wildman–Crippen LogP) is 4.61. The molecule has 150 valence electrons. The Morgan fingerprint density at radius 2 is 1.66 bits per heavy atom. The number of hydrogen-bond donors (Lipinski definition) is 1. The first-order valence-electron chi connectivity index (χ1n) is 9.84. The Bertz CT molecular complexity index is 882. The van der Waals surface area contributed by atoms with E-state index in [0.717, 1.165) is 30.9 Å². The minimum Gasteiger partial charge on any atom is -0.476 e. The third kappa shape index (κ3) is 5.09. The lowest BCUT2D eigenvalue weighted by atomic mass is 10.00. The molecule has 1 saturated heterocycles. The van der Waals surface area contributed by atoms with Gasteiger partial charge in [0.25, 0.3) is 0 Å². The average Bonchev–Trinajstić information content (AvgIpc) is 3.23. The predicted molar refractivity (Wildman–Crippen MR) is 113 cm³/mol. The monoisotopic (exact) mass is 408 g/mol. The quantitative estimate of drug-likeness (QED) is 0.618. The van der Waals surface area contributed by atoms with Crippen LogP contribution in [0.5, 0.6) is 0 Å². The molecule has 0 spiro atoms. The van der Waals surface area contributed by atoms with E-state index in [2.05, 4.69) is 58.4 Å². The van der Waals surface area contributed by atoms with Crippen molar-refractivity contribution in [2.24, 2.45) is 0 Å². The van der Waals surface area contributed by atoms with Crippen molar-refractivity contribution in [3.05, 3.63) is 87.9 Å². The van der Waals surface area contributed by atoms with Crippen LogP contribution in [0.3, 0.4) is 0 Å². The van der Waals surface area contributed by atoms with Crippen molar-refractivity contribution in [1.29, 1.82) is 0 Å². The van der Waals surface area contributed by atoms with E-state index in [4.69, 9.17) is 9.84 Å². The summed E-state index contributed by atoms with van der Waals surface area (Å²) in [5.41, 5.74) is 2.48. The van der Waals surface area contributed by atoms with Crippen LogP contribution in [0.2, 0.25) is 0 Å². The number of hydrogen-bond acceptors (Lipinski definition) is 5. The molecule has 0 unspecified atom stereocenters. The summed E-state index contributed by atoms with van der Waals surface area (Å²) in [4.78, 5) is 17.5. The Morgan fingerprint density at radius 1 is 1.07 bits per heavy atom. The van der Waals surface area contributed by atoms with Gasteiger partial charge in [-0.15, -0.1) is 11.3 Å².